The number of carbonyl (C=O) groups is 1. The number of nitrogens with one attached hydrogen (secondary N) is 2. The number of amides is 2. The number of hydrogen-bond donors (Lipinski definition) is 3. The van der Waals surface area contributed by atoms with E-state index in [9.17, 15) is 4.79 Å². The Balaban J connectivity index is 1.72. The molecule has 0 aromatic heterocycles. The zero-order valence-electron chi connectivity index (χ0n) is 8.74. The minimum atomic E-state index is -0.00865. The number of thioether (sulfide) groups is 1. The standard InChI is InChI=1S/C10H18N2O2S/c13-5-3-1-2-4-8-9-7(6-15-8)11-10(14)12-9/h7-9,13H,1-6H2,(H2,11,12,14)/t7?,8?,9-/m0/s1. The number of hydrogen-bond acceptors (Lipinski definition) is 3. The fraction of sp³-hybridized carbons (Fsp3) is 0.900. The van der Waals surface area contributed by atoms with E-state index in [-0.39, 0.29) is 6.03 Å². The van der Waals surface area contributed by atoms with Crippen LogP contribution in [0.2, 0.25) is 0 Å². The summed E-state index contributed by atoms with van der Waals surface area (Å²) in [5.41, 5.74) is 0. The number of rotatable bonds is 5. The summed E-state index contributed by atoms with van der Waals surface area (Å²) < 4.78 is 0. The van der Waals surface area contributed by atoms with Gasteiger partial charge in [0.05, 0.1) is 12.1 Å². The summed E-state index contributed by atoms with van der Waals surface area (Å²) in [6.07, 6.45) is 4.29. The van der Waals surface area contributed by atoms with E-state index in [1.807, 2.05) is 11.8 Å². The van der Waals surface area contributed by atoms with E-state index in [4.69, 9.17) is 5.11 Å². The first kappa shape index (κ1) is 11.1. The Bertz CT molecular complexity index is 237. The molecule has 2 aliphatic rings. The Kier molecular flexibility index (Phi) is 3.75. The highest BCUT2D eigenvalue weighted by Crippen LogP contribution is 2.33. The van der Waals surface area contributed by atoms with Gasteiger partial charge >= 0.3 is 6.03 Å². The number of fused-ring (bicyclic) bond motifs is 1. The highest BCUT2D eigenvalue weighted by molar-refractivity contribution is 8.00. The van der Waals surface area contributed by atoms with E-state index >= 15 is 0 Å². The van der Waals surface area contributed by atoms with E-state index in [2.05, 4.69) is 10.6 Å². The molecule has 0 radical (unpaired) electrons. The Hall–Kier alpha value is -0.420. The van der Waals surface area contributed by atoms with Crippen LogP contribution in [-0.2, 0) is 0 Å². The maximum atomic E-state index is 11.1. The van der Waals surface area contributed by atoms with Gasteiger partial charge in [0.15, 0.2) is 0 Å². The molecule has 2 aliphatic heterocycles. The summed E-state index contributed by atoms with van der Waals surface area (Å²) in [4.78, 5) is 11.1. The largest absolute Gasteiger partial charge is 0.396 e. The van der Waals surface area contributed by atoms with Crippen LogP contribution in [0.1, 0.15) is 25.7 Å². The van der Waals surface area contributed by atoms with Crippen molar-refractivity contribution in [2.24, 2.45) is 0 Å². The zero-order valence-corrected chi connectivity index (χ0v) is 9.55. The molecular formula is C10H18N2O2S. The molecule has 2 saturated heterocycles. The van der Waals surface area contributed by atoms with Crippen molar-refractivity contribution in [3.63, 3.8) is 0 Å². The number of carbonyl (C=O) groups excluding carboxylic acids is 1. The first-order valence-electron chi connectivity index (χ1n) is 5.61. The fourth-order valence-corrected chi connectivity index (χ4v) is 3.82. The molecule has 4 nitrogen and oxygen atoms in total. The van der Waals surface area contributed by atoms with Gasteiger partial charge in [-0.1, -0.05) is 12.8 Å². The summed E-state index contributed by atoms with van der Waals surface area (Å²) in [5, 5.41) is 15.2. The third-order valence-electron chi connectivity index (χ3n) is 3.08. The van der Waals surface area contributed by atoms with Crippen molar-refractivity contribution in [1.82, 2.24) is 10.6 Å². The van der Waals surface area contributed by atoms with E-state index in [0.29, 0.717) is 23.9 Å². The lowest BCUT2D eigenvalue weighted by Crippen LogP contribution is -2.36. The number of aliphatic hydroxyl groups is 1. The SMILES string of the molecule is O=C1NC2CSC(CCCCCO)[C@H]2N1. The zero-order chi connectivity index (χ0) is 10.7. The van der Waals surface area contributed by atoms with Gasteiger partial charge in [0.25, 0.3) is 0 Å². The number of aliphatic hydroxyl groups excluding tert-OH is 1. The molecule has 2 rings (SSSR count). The van der Waals surface area contributed by atoms with E-state index in [1.165, 1.54) is 0 Å². The van der Waals surface area contributed by atoms with Gasteiger partial charge in [-0.3, -0.25) is 0 Å². The monoisotopic (exact) mass is 230 g/mol. The van der Waals surface area contributed by atoms with Gasteiger partial charge in [0, 0.05) is 17.6 Å². The lowest BCUT2D eigenvalue weighted by molar-refractivity contribution is 0.247. The molecule has 2 heterocycles. The molecule has 2 amide bonds. The summed E-state index contributed by atoms with van der Waals surface area (Å²) in [5.74, 6) is 1.04. The van der Waals surface area contributed by atoms with Crippen LogP contribution in [0.5, 0.6) is 0 Å². The van der Waals surface area contributed by atoms with Gasteiger partial charge in [0.2, 0.25) is 0 Å². The Morgan fingerprint density at radius 2 is 2.20 bits per heavy atom. The molecule has 3 N–H and O–H groups in total. The molecule has 2 fully saturated rings. The topological polar surface area (TPSA) is 61.4 Å². The minimum absolute atomic E-state index is 0.00865. The smallest absolute Gasteiger partial charge is 0.315 e. The van der Waals surface area contributed by atoms with Gasteiger partial charge in [0.1, 0.15) is 0 Å². The van der Waals surface area contributed by atoms with Gasteiger partial charge in [-0.05, 0) is 12.8 Å². The maximum Gasteiger partial charge on any atom is 0.315 e. The molecule has 0 spiro atoms. The molecule has 0 aromatic carbocycles. The highest BCUT2D eigenvalue weighted by atomic mass is 32.2. The second-order valence-corrected chi connectivity index (χ2v) is 5.47. The van der Waals surface area contributed by atoms with Crippen LogP contribution in [0.15, 0.2) is 0 Å². The van der Waals surface area contributed by atoms with Crippen LogP contribution in [0.3, 0.4) is 0 Å². The number of unbranched alkanes of at least 4 members (excludes halogenated alkanes) is 2. The summed E-state index contributed by atoms with van der Waals surface area (Å²) in [6, 6.07) is 0.660. The van der Waals surface area contributed by atoms with E-state index in [1.54, 1.807) is 0 Å². The molecule has 86 valence electrons. The van der Waals surface area contributed by atoms with Gasteiger partial charge in [-0.2, -0.15) is 11.8 Å². The summed E-state index contributed by atoms with van der Waals surface area (Å²) >= 11 is 1.95. The van der Waals surface area contributed by atoms with E-state index < -0.39 is 0 Å². The van der Waals surface area contributed by atoms with Crippen molar-refractivity contribution < 1.29 is 9.90 Å². The highest BCUT2D eigenvalue weighted by Gasteiger charge is 2.42. The molecule has 5 heteroatoms. The molecule has 0 bridgehead atoms. The van der Waals surface area contributed by atoms with Crippen molar-refractivity contribution >= 4 is 17.8 Å². The predicted molar refractivity (Wildman–Crippen MR) is 61.0 cm³/mol. The molecule has 2 unspecified atom stereocenters. The molecule has 0 aliphatic carbocycles. The van der Waals surface area contributed by atoms with Crippen molar-refractivity contribution in [1.29, 1.82) is 0 Å². The third-order valence-corrected chi connectivity index (χ3v) is 4.59. The van der Waals surface area contributed by atoms with Crippen LogP contribution in [-0.4, -0.2) is 40.8 Å². The minimum Gasteiger partial charge on any atom is -0.396 e. The van der Waals surface area contributed by atoms with Crippen molar-refractivity contribution in [3.8, 4) is 0 Å². The van der Waals surface area contributed by atoms with Crippen LogP contribution in [0, 0.1) is 0 Å². The van der Waals surface area contributed by atoms with Gasteiger partial charge < -0.3 is 15.7 Å². The van der Waals surface area contributed by atoms with Crippen LogP contribution < -0.4 is 10.6 Å². The van der Waals surface area contributed by atoms with Gasteiger partial charge in [-0.15, -0.1) is 0 Å². The van der Waals surface area contributed by atoms with Crippen LogP contribution in [0.25, 0.3) is 0 Å². The predicted octanol–water partition coefficient (Wildman–Crippen LogP) is 0.705. The Morgan fingerprint density at radius 1 is 1.33 bits per heavy atom. The van der Waals surface area contributed by atoms with Crippen LogP contribution >= 0.6 is 11.8 Å². The van der Waals surface area contributed by atoms with Crippen molar-refractivity contribution in [2.75, 3.05) is 12.4 Å². The normalized spacial score (nSPS) is 33.7. The molecule has 0 aromatic rings. The average molecular weight is 230 g/mol. The second kappa shape index (κ2) is 5.07. The van der Waals surface area contributed by atoms with Gasteiger partial charge in [-0.25, -0.2) is 4.79 Å². The maximum absolute atomic E-state index is 11.1. The summed E-state index contributed by atoms with van der Waals surface area (Å²) in [7, 11) is 0. The second-order valence-electron chi connectivity index (χ2n) is 4.19. The quantitative estimate of drug-likeness (QED) is 0.481. The lowest BCUT2D eigenvalue weighted by atomic mass is 10.0. The molecule has 15 heavy (non-hydrogen) atoms. The van der Waals surface area contributed by atoms with Crippen molar-refractivity contribution in [3.05, 3.63) is 0 Å². The van der Waals surface area contributed by atoms with Crippen LogP contribution in [0.4, 0.5) is 4.79 Å². The lowest BCUT2D eigenvalue weighted by Gasteiger charge is -2.16. The Labute approximate surface area is 94.2 Å². The number of urea groups is 1. The van der Waals surface area contributed by atoms with Crippen molar-refractivity contribution in [2.45, 2.75) is 43.0 Å². The molecule has 3 atom stereocenters. The average Bonchev–Trinajstić information content (AvgIpc) is 2.73. The van der Waals surface area contributed by atoms with E-state index in [0.717, 1.165) is 31.4 Å². The third kappa shape index (κ3) is 2.58. The molecule has 0 saturated carbocycles. The first-order chi connectivity index (χ1) is 7.31. The molecular weight excluding hydrogens is 212 g/mol. The fourth-order valence-electron chi connectivity index (χ4n) is 2.28. The first-order valence-corrected chi connectivity index (χ1v) is 6.65. The Morgan fingerprint density at radius 3 is 3.00 bits per heavy atom. The summed E-state index contributed by atoms with van der Waals surface area (Å²) in [6.45, 7) is 0.294.